The first-order chi connectivity index (χ1) is 6.54. The van der Waals surface area contributed by atoms with Crippen LogP contribution in [-0.4, -0.2) is 14.7 Å². The van der Waals surface area contributed by atoms with Gasteiger partial charge in [0.2, 0.25) is 0 Å². The fraction of sp³-hybridized carbons (Fsp3) is 0.333. The Kier molecular flexibility index (Phi) is 3.53. The van der Waals surface area contributed by atoms with Crippen LogP contribution in [0.25, 0.3) is 0 Å². The molecule has 0 unspecified atom stereocenters. The molecule has 0 amide bonds. The molecule has 1 nitrogen and oxygen atoms in total. The zero-order valence-corrected chi connectivity index (χ0v) is 10.2. The van der Waals surface area contributed by atoms with Crippen LogP contribution in [0.3, 0.4) is 0 Å². The van der Waals surface area contributed by atoms with Crippen molar-refractivity contribution in [3.05, 3.63) is 36.9 Å². The molecule has 0 N–H and O–H groups in total. The maximum atomic E-state index is 5.42. The molecule has 1 aromatic carbocycles. The summed E-state index contributed by atoms with van der Waals surface area (Å²) in [5.74, 6) is 0.923. The lowest BCUT2D eigenvalue weighted by Crippen LogP contribution is -2.37. The van der Waals surface area contributed by atoms with Crippen molar-refractivity contribution in [2.45, 2.75) is 19.6 Å². The Bertz CT molecular complexity index is 295. The van der Waals surface area contributed by atoms with Crippen molar-refractivity contribution in [2.24, 2.45) is 0 Å². The van der Waals surface area contributed by atoms with Gasteiger partial charge < -0.3 is 4.74 Å². The van der Waals surface area contributed by atoms with Crippen molar-refractivity contribution in [3.63, 3.8) is 0 Å². The molecule has 0 aliphatic heterocycles. The molecule has 0 bridgehead atoms. The summed E-state index contributed by atoms with van der Waals surface area (Å²) in [5.41, 5.74) is 0. The average Bonchev–Trinajstić information content (AvgIpc) is 2.14. The fourth-order valence-corrected chi connectivity index (χ4v) is 2.37. The second kappa shape index (κ2) is 4.47. The van der Waals surface area contributed by atoms with Crippen LogP contribution < -0.4 is 9.92 Å². The Morgan fingerprint density at radius 2 is 1.79 bits per heavy atom. The van der Waals surface area contributed by atoms with Gasteiger partial charge in [0.05, 0.1) is 8.07 Å². The van der Waals surface area contributed by atoms with Crippen molar-refractivity contribution >= 4 is 13.3 Å². The number of rotatable bonds is 4. The minimum absolute atomic E-state index is 0.576. The van der Waals surface area contributed by atoms with E-state index in [9.17, 15) is 0 Å². The minimum atomic E-state index is -1.16. The van der Waals surface area contributed by atoms with Crippen molar-refractivity contribution < 1.29 is 4.74 Å². The van der Waals surface area contributed by atoms with Crippen LogP contribution in [0, 0.1) is 0 Å². The highest BCUT2D eigenvalue weighted by Gasteiger charge is 2.15. The van der Waals surface area contributed by atoms with Crippen LogP contribution in [-0.2, 0) is 0 Å². The average molecular weight is 206 g/mol. The lowest BCUT2D eigenvalue weighted by atomic mass is 10.3. The van der Waals surface area contributed by atoms with E-state index in [1.807, 2.05) is 12.1 Å². The SMILES string of the molecule is C=CCOc1ccc([Si](C)(C)C)cc1. The second-order valence-electron chi connectivity index (χ2n) is 4.37. The van der Waals surface area contributed by atoms with Crippen LogP contribution in [0.2, 0.25) is 19.6 Å². The van der Waals surface area contributed by atoms with Crippen LogP contribution in [0.5, 0.6) is 5.75 Å². The lowest BCUT2D eigenvalue weighted by Gasteiger charge is -2.16. The van der Waals surface area contributed by atoms with Gasteiger partial charge in [0.25, 0.3) is 0 Å². The summed E-state index contributed by atoms with van der Waals surface area (Å²) in [6, 6.07) is 8.42. The Morgan fingerprint density at radius 3 is 2.21 bits per heavy atom. The summed E-state index contributed by atoms with van der Waals surface area (Å²) in [5, 5.41) is 1.46. The number of hydrogen-bond acceptors (Lipinski definition) is 1. The number of hydrogen-bond donors (Lipinski definition) is 0. The molecule has 0 atom stereocenters. The van der Waals surface area contributed by atoms with Gasteiger partial charge in [-0.3, -0.25) is 0 Å². The van der Waals surface area contributed by atoms with Gasteiger partial charge in [0, 0.05) is 0 Å². The molecule has 0 saturated carbocycles. The minimum Gasteiger partial charge on any atom is -0.490 e. The molecule has 0 fully saturated rings. The molecule has 0 radical (unpaired) electrons. The Balaban J connectivity index is 2.73. The van der Waals surface area contributed by atoms with Crippen LogP contribution >= 0.6 is 0 Å². The molecular weight excluding hydrogens is 188 g/mol. The van der Waals surface area contributed by atoms with Crippen LogP contribution in [0.15, 0.2) is 36.9 Å². The zero-order valence-electron chi connectivity index (χ0n) is 9.21. The maximum Gasteiger partial charge on any atom is 0.119 e. The first-order valence-electron chi connectivity index (χ1n) is 4.88. The predicted octanol–water partition coefficient (Wildman–Crippen LogP) is 2.80. The van der Waals surface area contributed by atoms with Gasteiger partial charge in [-0.1, -0.05) is 49.6 Å². The third-order valence-corrected chi connectivity index (χ3v) is 4.15. The van der Waals surface area contributed by atoms with E-state index in [1.165, 1.54) is 5.19 Å². The lowest BCUT2D eigenvalue weighted by molar-refractivity contribution is 0.363. The molecule has 1 aromatic rings. The van der Waals surface area contributed by atoms with Crippen LogP contribution in [0.1, 0.15) is 0 Å². The molecule has 76 valence electrons. The topological polar surface area (TPSA) is 9.23 Å². The highest BCUT2D eigenvalue weighted by atomic mass is 28.3. The van der Waals surface area contributed by atoms with Gasteiger partial charge >= 0.3 is 0 Å². The first-order valence-corrected chi connectivity index (χ1v) is 8.38. The molecule has 1 rings (SSSR count). The van der Waals surface area contributed by atoms with Gasteiger partial charge in [-0.2, -0.15) is 0 Å². The predicted molar refractivity (Wildman–Crippen MR) is 65.1 cm³/mol. The summed E-state index contributed by atoms with van der Waals surface area (Å²) in [6.07, 6.45) is 1.76. The molecule has 0 heterocycles. The standard InChI is InChI=1S/C12H18OSi/c1-5-10-13-11-6-8-12(9-7-11)14(2,3)4/h5-9H,1,10H2,2-4H3. The highest BCUT2D eigenvalue weighted by Crippen LogP contribution is 2.10. The Labute approximate surface area is 87.4 Å². The van der Waals surface area contributed by atoms with E-state index < -0.39 is 8.07 Å². The van der Waals surface area contributed by atoms with Gasteiger partial charge in [0.1, 0.15) is 12.4 Å². The smallest absolute Gasteiger partial charge is 0.119 e. The van der Waals surface area contributed by atoms with E-state index in [2.05, 4.69) is 38.4 Å². The summed E-state index contributed by atoms with van der Waals surface area (Å²) in [4.78, 5) is 0. The van der Waals surface area contributed by atoms with E-state index in [0.717, 1.165) is 5.75 Å². The molecule has 0 aliphatic carbocycles. The van der Waals surface area contributed by atoms with Gasteiger partial charge in [-0.05, 0) is 12.1 Å². The molecular formula is C12H18OSi. The molecule has 14 heavy (non-hydrogen) atoms. The molecule has 0 saturated heterocycles. The highest BCUT2D eigenvalue weighted by molar-refractivity contribution is 6.88. The van der Waals surface area contributed by atoms with Crippen molar-refractivity contribution in [2.75, 3.05) is 6.61 Å². The normalized spacial score (nSPS) is 11.1. The van der Waals surface area contributed by atoms with Gasteiger partial charge in [-0.25, -0.2) is 0 Å². The zero-order chi connectivity index (χ0) is 10.6. The Hall–Kier alpha value is -1.02. The molecule has 2 heteroatoms. The molecule has 0 spiro atoms. The van der Waals surface area contributed by atoms with Crippen molar-refractivity contribution in [1.29, 1.82) is 0 Å². The number of benzene rings is 1. The second-order valence-corrected chi connectivity index (χ2v) is 9.45. The third kappa shape index (κ3) is 3.03. The van der Waals surface area contributed by atoms with Crippen molar-refractivity contribution in [3.8, 4) is 5.75 Å². The van der Waals surface area contributed by atoms with E-state index in [1.54, 1.807) is 6.08 Å². The van der Waals surface area contributed by atoms with E-state index in [0.29, 0.717) is 6.61 Å². The quantitative estimate of drug-likeness (QED) is 0.544. The molecule has 0 aliphatic rings. The van der Waals surface area contributed by atoms with Gasteiger partial charge in [0.15, 0.2) is 0 Å². The third-order valence-electron chi connectivity index (χ3n) is 2.09. The monoisotopic (exact) mass is 206 g/mol. The van der Waals surface area contributed by atoms with E-state index in [-0.39, 0.29) is 0 Å². The summed E-state index contributed by atoms with van der Waals surface area (Å²) >= 11 is 0. The largest absolute Gasteiger partial charge is 0.490 e. The fourth-order valence-electron chi connectivity index (χ4n) is 1.21. The maximum absolute atomic E-state index is 5.42. The summed E-state index contributed by atoms with van der Waals surface area (Å²) < 4.78 is 5.42. The van der Waals surface area contributed by atoms with E-state index in [4.69, 9.17) is 4.74 Å². The van der Waals surface area contributed by atoms with E-state index >= 15 is 0 Å². The summed E-state index contributed by atoms with van der Waals surface area (Å²) in [6.45, 7) is 11.2. The molecule has 0 aromatic heterocycles. The van der Waals surface area contributed by atoms with Crippen molar-refractivity contribution in [1.82, 2.24) is 0 Å². The van der Waals surface area contributed by atoms with Gasteiger partial charge in [-0.15, -0.1) is 0 Å². The first kappa shape index (κ1) is 11.1. The number of ether oxygens (including phenoxy) is 1. The summed E-state index contributed by atoms with van der Waals surface area (Å²) in [7, 11) is -1.16. The van der Waals surface area contributed by atoms with Crippen LogP contribution in [0.4, 0.5) is 0 Å². The Morgan fingerprint density at radius 1 is 1.21 bits per heavy atom.